The number of nitrogens with two attached hydrogens (primary N) is 1. The van der Waals surface area contributed by atoms with E-state index in [1.165, 1.54) is 40.6 Å². The monoisotopic (exact) mass is 486 g/mol. The maximum absolute atomic E-state index is 12.2. The van der Waals surface area contributed by atoms with E-state index < -0.39 is 12.0 Å². The van der Waals surface area contributed by atoms with Gasteiger partial charge in [0.15, 0.2) is 17.3 Å². The van der Waals surface area contributed by atoms with Crippen LogP contribution in [0.2, 0.25) is 0 Å². The molecule has 13 heteroatoms. The van der Waals surface area contributed by atoms with E-state index in [1.807, 2.05) is 13.0 Å². The molecule has 0 unspecified atom stereocenters. The number of aliphatic carboxylic acids is 1. The molecule has 0 aliphatic carbocycles. The molecule has 5 N–H and O–H groups in total. The topological polar surface area (TPSA) is 167 Å². The molecule has 1 saturated heterocycles. The van der Waals surface area contributed by atoms with Crippen molar-refractivity contribution in [2.24, 2.45) is 5.73 Å². The number of aromatic nitrogens is 4. The Labute approximate surface area is 195 Å². The van der Waals surface area contributed by atoms with Crippen LogP contribution in [0.15, 0.2) is 40.6 Å². The third kappa shape index (κ3) is 3.57. The molecule has 4 heterocycles. The number of amides is 1. The van der Waals surface area contributed by atoms with E-state index in [2.05, 4.69) is 15.1 Å². The van der Waals surface area contributed by atoms with Gasteiger partial charge in [-0.05, 0) is 36.8 Å². The zero-order valence-electron chi connectivity index (χ0n) is 17.2. The SMILES string of the molecule is Cc1cc(SCC2=C(C(=O)O)N3C(=O)[C@@H](N)[C@H]3SC2)n2nc(-c3ccc(O)c(O)c3)nc2n1. The molecule has 0 radical (unpaired) electrons. The van der Waals surface area contributed by atoms with Gasteiger partial charge >= 0.3 is 5.97 Å². The quantitative estimate of drug-likeness (QED) is 0.177. The fourth-order valence-electron chi connectivity index (χ4n) is 3.69. The van der Waals surface area contributed by atoms with E-state index in [4.69, 9.17) is 5.73 Å². The van der Waals surface area contributed by atoms with Crippen LogP contribution in [0, 0.1) is 6.92 Å². The fraction of sp³-hybridized carbons (Fsp3) is 0.250. The first kappa shape index (κ1) is 21.6. The number of β-lactam (4-membered cyclic amide) rings is 1. The summed E-state index contributed by atoms with van der Waals surface area (Å²) in [6.45, 7) is 1.81. The van der Waals surface area contributed by atoms with Crippen molar-refractivity contribution in [1.29, 1.82) is 0 Å². The van der Waals surface area contributed by atoms with Gasteiger partial charge in [-0.3, -0.25) is 9.69 Å². The normalized spacial score (nSPS) is 20.2. The van der Waals surface area contributed by atoms with Gasteiger partial charge in [0.25, 0.3) is 5.78 Å². The van der Waals surface area contributed by atoms with E-state index in [1.54, 1.807) is 10.6 Å². The van der Waals surface area contributed by atoms with Gasteiger partial charge < -0.3 is 21.1 Å². The molecule has 1 fully saturated rings. The van der Waals surface area contributed by atoms with Gasteiger partial charge in [-0.25, -0.2) is 9.78 Å². The van der Waals surface area contributed by atoms with E-state index in [0.29, 0.717) is 45.0 Å². The third-order valence-electron chi connectivity index (χ3n) is 5.33. The molecule has 170 valence electrons. The van der Waals surface area contributed by atoms with Gasteiger partial charge in [0.1, 0.15) is 22.1 Å². The number of benzene rings is 1. The number of nitrogens with zero attached hydrogens (tertiary/aromatic N) is 5. The Balaban J connectivity index is 1.48. The Hall–Kier alpha value is -3.29. The molecule has 0 spiro atoms. The number of carboxylic acid groups (broad SMARTS) is 1. The zero-order chi connectivity index (χ0) is 23.4. The first-order valence-electron chi connectivity index (χ1n) is 9.79. The maximum Gasteiger partial charge on any atom is 0.352 e. The number of carboxylic acids is 1. The van der Waals surface area contributed by atoms with Gasteiger partial charge in [0.2, 0.25) is 5.91 Å². The third-order valence-corrected chi connectivity index (χ3v) is 7.77. The summed E-state index contributed by atoms with van der Waals surface area (Å²) in [4.78, 5) is 34.2. The van der Waals surface area contributed by atoms with Crippen LogP contribution in [0.5, 0.6) is 11.5 Å². The number of carbonyl (C=O) groups is 2. The van der Waals surface area contributed by atoms with Crippen LogP contribution in [-0.4, -0.2) is 74.6 Å². The summed E-state index contributed by atoms with van der Waals surface area (Å²) in [6, 6.07) is 5.43. The summed E-state index contributed by atoms with van der Waals surface area (Å²) in [5.41, 5.74) is 7.64. The Morgan fingerprint density at radius 3 is 2.79 bits per heavy atom. The standard InChI is InChI=1S/C20H18N6O5S2/c1-8-4-13(26-20(22-8)23-16(24-26)9-2-3-11(27)12(28)5-9)32-6-10-7-33-18-14(21)17(29)25(18)15(10)19(30)31/h2-5,14,18,27-28H,6-7,21H2,1H3,(H,30,31)/t14-,18-/m1/s1. The molecule has 0 bridgehead atoms. The maximum atomic E-state index is 12.2. The minimum atomic E-state index is -1.15. The molecule has 5 rings (SSSR count). The molecule has 1 amide bonds. The molecule has 3 aromatic rings. The van der Waals surface area contributed by atoms with Crippen molar-refractivity contribution >= 4 is 41.2 Å². The Morgan fingerprint density at radius 1 is 1.27 bits per heavy atom. The molecule has 1 aromatic carbocycles. The number of aromatic hydroxyl groups is 2. The smallest absolute Gasteiger partial charge is 0.352 e. The van der Waals surface area contributed by atoms with Crippen LogP contribution in [0.1, 0.15) is 5.69 Å². The number of hydrogen-bond acceptors (Lipinski definition) is 10. The number of carbonyl (C=O) groups excluding carboxylic acids is 1. The summed E-state index contributed by atoms with van der Waals surface area (Å²) in [5, 5.41) is 33.9. The van der Waals surface area contributed by atoms with Gasteiger partial charge in [-0.2, -0.15) is 9.50 Å². The Morgan fingerprint density at radius 2 is 2.06 bits per heavy atom. The van der Waals surface area contributed by atoms with Crippen LogP contribution in [0.4, 0.5) is 0 Å². The lowest BCUT2D eigenvalue weighted by Gasteiger charge is -2.48. The Kier molecular flexibility index (Phi) is 5.18. The lowest BCUT2D eigenvalue weighted by molar-refractivity contribution is -0.147. The number of thioether (sulfide) groups is 2. The van der Waals surface area contributed by atoms with Crippen molar-refractivity contribution in [3.63, 3.8) is 0 Å². The molecular weight excluding hydrogens is 468 g/mol. The highest BCUT2D eigenvalue weighted by atomic mass is 32.2. The predicted octanol–water partition coefficient (Wildman–Crippen LogP) is 1.18. The van der Waals surface area contributed by atoms with Crippen LogP contribution in [0.25, 0.3) is 17.2 Å². The van der Waals surface area contributed by atoms with Crippen molar-refractivity contribution in [3.8, 4) is 22.9 Å². The van der Waals surface area contributed by atoms with Crippen molar-refractivity contribution in [2.45, 2.75) is 23.4 Å². The number of phenolic OH excluding ortho intramolecular Hbond substituents is 2. The van der Waals surface area contributed by atoms with Gasteiger partial charge in [-0.1, -0.05) is 0 Å². The van der Waals surface area contributed by atoms with Crippen LogP contribution < -0.4 is 5.73 Å². The van der Waals surface area contributed by atoms with Gasteiger partial charge in [-0.15, -0.1) is 28.6 Å². The number of hydrogen-bond donors (Lipinski definition) is 4. The minimum Gasteiger partial charge on any atom is -0.504 e. The average Bonchev–Trinajstić information content (AvgIpc) is 3.21. The molecule has 11 nitrogen and oxygen atoms in total. The van der Waals surface area contributed by atoms with Gasteiger partial charge in [0.05, 0.1) is 0 Å². The van der Waals surface area contributed by atoms with E-state index in [-0.39, 0.29) is 28.5 Å². The molecule has 0 saturated carbocycles. The molecule has 2 atom stereocenters. The second-order valence-corrected chi connectivity index (χ2v) is 9.67. The molecule has 2 aromatic heterocycles. The van der Waals surface area contributed by atoms with Crippen molar-refractivity contribution in [2.75, 3.05) is 11.5 Å². The highest BCUT2D eigenvalue weighted by molar-refractivity contribution is 8.01. The lowest BCUT2D eigenvalue weighted by Crippen LogP contribution is -2.68. The van der Waals surface area contributed by atoms with E-state index in [0.717, 1.165) is 0 Å². The summed E-state index contributed by atoms with van der Waals surface area (Å²) in [5.74, 6) is -0.625. The highest BCUT2D eigenvalue weighted by Gasteiger charge is 2.51. The number of aryl methyl sites for hydroxylation is 1. The minimum absolute atomic E-state index is 0.00109. The average molecular weight is 487 g/mol. The van der Waals surface area contributed by atoms with Crippen LogP contribution in [0.3, 0.4) is 0 Å². The lowest BCUT2D eigenvalue weighted by atomic mass is 10.0. The van der Waals surface area contributed by atoms with Crippen molar-refractivity contribution < 1.29 is 24.9 Å². The van der Waals surface area contributed by atoms with Crippen molar-refractivity contribution in [1.82, 2.24) is 24.5 Å². The van der Waals surface area contributed by atoms with E-state index >= 15 is 0 Å². The first-order valence-corrected chi connectivity index (χ1v) is 11.8. The number of rotatable bonds is 5. The van der Waals surface area contributed by atoms with Crippen LogP contribution in [-0.2, 0) is 9.59 Å². The zero-order valence-corrected chi connectivity index (χ0v) is 18.8. The summed E-state index contributed by atoms with van der Waals surface area (Å²) >= 11 is 2.82. The van der Waals surface area contributed by atoms with Crippen molar-refractivity contribution in [3.05, 3.63) is 41.2 Å². The van der Waals surface area contributed by atoms with Gasteiger partial charge in [0, 0.05) is 22.8 Å². The molecule has 2 aliphatic rings. The largest absolute Gasteiger partial charge is 0.504 e. The van der Waals surface area contributed by atoms with E-state index in [9.17, 15) is 24.9 Å². The Bertz CT molecular complexity index is 1360. The van der Waals surface area contributed by atoms with Crippen LogP contribution >= 0.6 is 23.5 Å². The molecular formula is C20H18N6O5S2. The summed E-state index contributed by atoms with van der Waals surface area (Å²) in [7, 11) is 0. The number of fused-ring (bicyclic) bond motifs is 2. The fourth-order valence-corrected chi connectivity index (χ4v) is 6.18. The summed E-state index contributed by atoms with van der Waals surface area (Å²) in [6.07, 6.45) is 0. The number of phenols is 2. The molecule has 33 heavy (non-hydrogen) atoms. The predicted molar refractivity (Wildman–Crippen MR) is 121 cm³/mol. The summed E-state index contributed by atoms with van der Waals surface area (Å²) < 4.78 is 1.54. The second kappa shape index (κ2) is 7.93. The highest BCUT2D eigenvalue weighted by Crippen LogP contribution is 2.41. The first-order chi connectivity index (χ1) is 15.7. The molecule has 2 aliphatic heterocycles. The second-order valence-electron chi connectivity index (χ2n) is 7.57.